The predicted octanol–water partition coefficient (Wildman–Crippen LogP) is 2.31. The van der Waals surface area contributed by atoms with E-state index in [1.165, 1.54) is 0 Å². The van der Waals surface area contributed by atoms with Gasteiger partial charge in [-0.15, -0.1) is 0 Å². The fraction of sp³-hybridized carbons (Fsp3) is 0.548. The Labute approximate surface area is 251 Å². The van der Waals surface area contributed by atoms with Crippen LogP contribution in [0.15, 0.2) is 28.1 Å². The largest absolute Gasteiger partial charge is 0.510 e. The normalized spacial score (nSPS) is 26.0. The van der Waals surface area contributed by atoms with Crippen molar-refractivity contribution in [3.05, 3.63) is 45.2 Å². The number of nitrogens with zero attached hydrogens (tertiary/aromatic N) is 2. The summed E-state index contributed by atoms with van der Waals surface area (Å²) in [5.41, 5.74) is 3.57. The Balaban J connectivity index is 1.93. The molecule has 12 nitrogen and oxygen atoms in total. The average Bonchev–Trinajstić information content (AvgIpc) is 2.89. The van der Waals surface area contributed by atoms with Crippen LogP contribution in [0.25, 0.3) is 5.76 Å². The third-order valence-electron chi connectivity index (χ3n) is 8.55. The highest BCUT2D eigenvalue weighted by atomic mass is 16.6. The zero-order chi connectivity index (χ0) is 32.2. The number of ketones is 1. The molecule has 8 N–H and O–H groups in total. The first kappa shape index (κ1) is 32.2. The topological polar surface area (TPSA) is 202 Å². The molecule has 3 aliphatic carbocycles. The lowest BCUT2D eigenvalue weighted by Crippen LogP contribution is -2.67. The van der Waals surface area contributed by atoms with Crippen LogP contribution in [0.5, 0.6) is 5.75 Å². The summed E-state index contributed by atoms with van der Waals surface area (Å²) in [5, 5.41) is 62.3. The van der Waals surface area contributed by atoms with Crippen LogP contribution in [0.4, 0.5) is 0 Å². The number of phenolic OH excluding ortho intramolecular Hbond substituents is 1. The molecule has 4 rings (SSSR count). The molecule has 0 unspecified atom stereocenters. The molecule has 4 atom stereocenters. The number of carbonyl (C=O) groups is 2. The van der Waals surface area contributed by atoms with Crippen LogP contribution in [-0.2, 0) is 27.4 Å². The molecule has 1 aromatic carbocycles. The molecule has 0 aliphatic heterocycles. The van der Waals surface area contributed by atoms with Crippen LogP contribution < -0.4 is 11.1 Å². The van der Waals surface area contributed by atoms with Crippen molar-refractivity contribution < 1.29 is 34.9 Å². The SMILES string of the molecule is CCO/N=C(\C)c1cc(CNCC(C)(C)C)c(O)c2c1C[C@H]1C[C@H]3[C@H](N(C)C)C(O)=C(C(N)=O)C(=N)[C@@]3(O)C(=O)C1=C2O. The first-order chi connectivity index (χ1) is 20.0. The lowest BCUT2D eigenvalue weighted by atomic mass is 9.56. The second kappa shape index (κ2) is 11.4. The molecule has 234 valence electrons. The first-order valence-corrected chi connectivity index (χ1v) is 14.4. The van der Waals surface area contributed by atoms with E-state index >= 15 is 0 Å². The van der Waals surface area contributed by atoms with E-state index in [4.69, 9.17) is 16.0 Å². The van der Waals surface area contributed by atoms with Gasteiger partial charge in [-0.3, -0.25) is 14.5 Å². The Bertz CT molecular complexity index is 1470. The maximum atomic E-state index is 14.2. The molecule has 1 amide bonds. The second-order valence-electron chi connectivity index (χ2n) is 13.1. The third-order valence-corrected chi connectivity index (χ3v) is 8.55. The van der Waals surface area contributed by atoms with Crippen LogP contribution >= 0.6 is 0 Å². The number of benzene rings is 1. The number of amides is 1. The molecule has 1 fully saturated rings. The number of Topliss-reactive ketones (excluding diaryl/α,β-unsaturated/α-hetero) is 1. The van der Waals surface area contributed by atoms with Crippen molar-refractivity contribution >= 4 is 28.9 Å². The Morgan fingerprint density at radius 2 is 1.93 bits per heavy atom. The lowest BCUT2D eigenvalue weighted by Gasteiger charge is -2.51. The van der Waals surface area contributed by atoms with Gasteiger partial charge in [-0.1, -0.05) is 25.9 Å². The van der Waals surface area contributed by atoms with Crippen LogP contribution in [0.1, 0.15) is 63.3 Å². The summed E-state index contributed by atoms with van der Waals surface area (Å²) in [6.45, 7) is 11.0. The van der Waals surface area contributed by atoms with Gasteiger partial charge in [0.1, 0.15) is 29.4 Å². The van der Waals surface area contributed by atoms with E-state index in [1.54, 1.807) is 38.9 Å². The average molecular weight is 598 g/mol. The number of fused-ring (bicyclic) bond motifs is 3. The van der Waals surface area contributed by atoms with Crippen LogP contribution in [0.3, 0.4) is 0 Å². The molecule has 3 aliphatic rings. The summed E-state index contributed by atoms with van der Waals surface area (Å²) in [4.78, 5) is 33.4. The molecule has 43 heavy (non-hydrogen) atoms. The van der Waals surface area contributed by atoms with Crippen molar-refractivity contribution in [3.63, 3.8) is 0 Å². The van der Waals surface area contributed by atoms with Crippen LogP contribution in [0.2, 0.25) is 0 Å². The summed E-state index contributed by atoms with van der Waals surface area (Å²) < 4.78 is 0. The zero-order valence-electron chi connectivity index (χ0n) is 25.8. The molecular weight excluding hydrogens is 554 g/mol. The van der Waals surface area contributed by atoms with E-state index in [1.807, 2.05) is 0 Å². The summed E-state index contributed by atoms with van der Waals surface area (Å²) in [7, 11) is 3.24. The monoisotopic (exact) mass is 597 g/mol. The van der Waals surface area contributed by atoms with Gasteiger partial charge in [0.25, 0.3) is 5.91 Å². The van der Waals surface area contributed by atoms with Gasteiger partial charge < -0.3 is 41.7 Å². The number of oxime groups is 1. The van der Waals surface area contributed by atoms with E-state index in [9.17, 15) is 30.0 Å². The highest BCUT2D eigenvalue weighted by molar-refractivity contribution is 6.34. The van der Waals surface area contributed by atoms with Crippen molar-refractivity contribution in [2.45, 2.75) is 65.6 Å². The molecule has 12 heteroatoms. The van der Waals surface area contributed by atoms with Crippen LogP contribution in [-0.4, -0.2) is 87.3 Å². The maximum Gasteiger partial charge on any atom is 0.254 e. The fourth-order valence-corrected chi connectivity index (χ4v) is 6.66. The quantitative estimate of drug-likeness (QED) is 0.173. The van der Waals surface area contributed by atoms with Gasteiger partial charge in [-0.05, 0) is 63.7 Å². The predicted molar refractivity (Wildman–Crippen MR) is 162 cm³/mol. The first-order valence-electron chi connectivity index (χ1n) is 14.4. The van der Waals surface area contributed by atoms with E-state index in [-0.39, 0.29) is 41.7 Å². The minimum atomic E-state index is -2.54. The molecule has 0 radical (unpaired) electrons. The Morgan fingerprint density at radius 1 is 1.28 bits per heavy atom. The standard InChI is InChI=1S/C31H43N5O7/c1-8-43-35-14(2)17-10-16(12-34-13-30(3,4)5)24(37)21-18(17)9-15-11-19-23(36(6)7)26(39)22(29(33)41)27(32)31(19,42)28(40)20(15)25(21)38/h10,15,19,23,32,34,37-39,42H,8-9,11-13H2,1-7H3,(H2,33,41)/b32-27?,35-14+/t15-,19-,23-,31+/m0/s1. The molecule has 1 aromatic rings. The molecule has 1 saturated carbocycles. The van der Waals surface area contributed by atoms with Gasteiger partial charge in [0.15, 0.2) is 5.60 Å². The van der Waals surface area contributed by atoms with Gasteiger partial charge in [0, 0.05) is 35.7 Å². The van der Waals surface area contributed by atoms with Crippen molar-refractivity contribution in [3.8, 4) is 5.75 Å². The molecular formula is C31H43N5O7. The molecule has 0 bridgehead atoms. The zero-order valence-corrected chi connectivity index (χ0v) is 25.8. The number of hydrogen-bond donors (Lipinski definition) is 7. The van der Waals surface area contributed by atoms with E-state index < -0.39 is 58.0 Å². The Hall–Kier alpha value is -3.74. The number of primary amides is 1. The van der Waals surface area contributed by atoms with Gasteiger partial charge in [0.05, 0.1) is 23.0 Å². The summed E-state index contributed by atoms with van der Waals surface area (Å²) >= 11 is 0. The maximum absolute atomic E-state index is 14.2. The van der Waals surface area contributed by atoms with Crippen LogP contribution in [0, 0.1) is 22.7 Å². The van der Waals surface area contributed by atoms with E-state index in [2.05, 4.69) is 31.2 Å². The highest BCUT2D eigenvalue weighted by Crippen LogP contribution is 2.52. The molecule has 0 aromatic heterocycles. The molecule has 0 spiro atoms. The number of aliphatic hydroxyl groups excluding tert-OH is 2. The number of nitrogens with two attached hydrogens (primary N) is 1. The Kier molecular flexibility index (Phi) is 8.53. The number of aliphatic hydroxyl groups is 3. The summed E-state index contributed by atoms with van der Waals surface area (Å²) in [6.07, 6.45) is 0.282. The molecule has 0 heterocycles. The number of nitrogens with one attached hydrogen (secondary N) is 2. The van der Waals surface area contributed by atoms with Gasteiger partial charge in [-0.25, -0.2) is 0 Å². The number of carbonyl (C=O) groups excluding carboxylic acids is 2. The minimum Gasteiger partial charge on any atom is -0.510 e. The number of hydrogen-bond acceptors (Lipinski definition) is 11. The summed E-state index contributed by atoms with van der Waals surface area (Å²) in [6, 6.07) is 0.800. The van der Waals surface area contributed by atoms with Gasteiger partial charge in [0.2, 0.25) is 5.78 Å². The van der Waals surface area contributed by atoms with Crippen molar-refractivity contribution in [1.82, 2.24) is 10.2 Å². The van der Waals surface area contributed by atoms with Crippen molar-refractivity contribution in [1.29, 1.82) is 5.41 Å². The minimum absolute atomic E-state index is 0.0294. The number of aromatic hydroxyl groups is 1. The number of likely N-dealkylation sites (N-methyl/N-ethyl adjacent to an activating group) is 1. The molecule has 0 saturated heterocycles. The van der Waals surface area contributed by atoms with Gasteiger partial charge in [-0.2, -0.15) is 0 Å². The summed E-state index contributed by atoms with van der Waals surface area (Å²) in [5.74, 6) is -4.97. The second-order valence-corrected chi connectivity index (χ2v) is 13.1. The van der Waals surface area contributed by atoms with E-state index in [0.29, 0.717) is 35.6 Å². The van der Waals surface area contributed by atoms with Crippen molar-refractivity contribution in [2.24, 2.45) is 28.1 Å². The lowest BCUT2D eigenvalue weighted by molar-refractivity contribution is -0.138. The van der Waals surface area contributed by atoms with E-state index in [0.717, 1.165) is 0 Å². The number of rotatable bonds is 8. The number of phenols is 1. The smallest absolute Gasteiger partial charge is 0.254 e. The Morgan fingerprint density at radius 3 is 2.49 bits per heavy atom. The highest BCUT2D eigenvalue weighted by Gasteiger charge is 2.63. The van der Waals surface area contributed by atoms with Gasteiger partial charge >= 0.3 is 0 Å². The fourth-order valence-electron chi connectivity index (χ4n) is 6.66. The van der Waals surface area contributed by atoms with Crippen molar-refractivity contribution in [2.75, 3.05) is 27.2 Å². The third kappa shape index (κ3) is 5.32.